The summed E-state index contributed by atoms with van der Waals surface area (Å²) in [5.41, 5.74) is 0. The van der Waals surface area contributed by atoms with Gasteiger partial charge in [-0.15, -0.1) is 0 Å². The Balaban J connectivity index is 4.13. The van der Waals surface area contributed by atoms with Gasteiger partial charge >= 0.3 is 5.97 Å². The Bertz CT molecular complexity index is 235. The third kappa shape index (κ3) is 9.87. The van der Waals surface area contributed by atoms with E-state index in [1.54, 1.807) is 0 Å². The predicted octanol–water partition coefficient (Wildman–Crippen LogP) is 1.10. The lowest BCUT2D eigenvalue weighted by molar-refractivity contribution is -0.139. The van der Waals surface area contributed by atoms with E-state index in [2.05, 4.69) is 36.1 Å². The molecule has 1 atom stereocenters. The van der Waals surface area contributed by atoms with Crippen molar-refractivity contribution in [2.45, 2.75) is 39.2 Å². The van der Waals surface area contributed by atoms with E-state index < -0.39 is 12.0 Å². The van der Waals surface area contributed by atoms with Crippen LogP contribution in [-0.4, -0.2) is 73.7 Å². The Morgan fingerprint density at radius 3 is 2.26 bits per heavy atom. The average molecular weight is 273 g/mol. The Kier molecular flexibility index (Phi) is 10.8. The Labute approximate surface area is 118 Å². The number of carbonyl (C=O) groups is 1. The predicted molar refractivity (Wildman–Crippen MR) is 79.6 cm³/mol. The van der Waals surface area contributed by atoms with E-state index in [1.807, 2.05) is 6.92 Å². The van der Waals surface area contributed by atoms with Crippen LogP contribution in [0.1, 0.15) is 33.1 Å². The molecule has 0 fully saturated rings. The van der Waals surface area contributed by atoms with Crippen LogP contribution in [0.4, 0.5) is 0 Å². The van der Waals surface area contributed by atoms with E-state index in [0.29, 0.717) is 6.42 Å². The standard InChI is InChI=1S/C14H31N3O2/c1-5-8-15-13(14(18)19)7-10-17(9-6-2)12-11-16(3)4/h13,15H,5-12H2,1-4H3,(H,18,19). The van der Waals surface area contributed by atoms with E-state index in [9.17, 15) is 9.90 Å². The molecule has 5 heteroatoms. The Morgan fingerprint density at radius 2 is 1.79 bits per heavy atom. The molecule has 0 aliphatic rings. The summed E-state index contributed by atoms with van der Waals surface area (Å²) in [4.78, 5) is 15.7. The molecule has 0 bridgehead atoms. The van der Waals surface area contributed by atoms with Crippen molar-refractivity contribution in [2.75, 3.05) is 46.8 Å². The fraction of sp³-hybridized carbons (Fsp3) is 0.929. The topological polar surface area (TPSA) is 55.8 Å². The lowest BCUT2D eigenvalue weighted by Gasteiger charge is -2.25. The number of likely N-dealkylation sites (N-methyl/N-ethyl adjacent to an activating group) is 1. The van der Waals surface area contributed by atoms with Crippen LogP contribution in [0.3, 0.4) is 0 Å². The van der Waals surface area contributed by atoms with Gasteiger partial charge in [0.15, 0.2) is 0 Å². The van der Waals surface area contributed by atoms with Gasteiger partial charge in [-0.05, 0) is 46.4 Å². The van der Waals surface area contributed by atoms with E-state index in [1.165, 1.54) is 0 Å². The van der Waals surface area contributed by atoms with Gasteiger partial charge in [-0.1, -0.05) is 13.8 Å². The van der Waals surface area contributed by atoms with Crippen LogP contribution in [-0.2, 0) is 4.79 Å². The van der Waals surface area contributed by atoms with Crippen molar-refractivity contribution in [3.8, 4) is 0 Å². The minimum atomic E-state index is -0.738. The van der Waals surface area contributed by atoms with Gasteiger partial charge in [-0.3, -0.25) is 4.79 Å². The zero-order valence-corrected chi connectivity index (χ0v) is 13.0. The van der Waals surface area contributed by atoms with Gasteiger partial charge < -0.3 is 20.2 Å². The third-order valence-corrected chi connectivity index (χ3v) is 3.08. The molecule has 0 spiro atoms. The number of nitrogens with one attached hydrogen (secondary N) is 1. The SMILES string of the molecule is CCCNC(CCN(CCC)CCN(C)C)C(=O)O. The summed E-state index contributed by atoms with van der Waals surface area (Å²) in [6, 6.07) is -0.418. The van der Waals surface area contributed by atoms with E-state index >= 15 is 0 Å². The van der Waals surface area contributed by atoms with Gasteiger partial charge in [0.25, 0.3) is 0 Å². The molecule has 5 nitrogen and oxygen atoms in total. The van der Waals surface area contributed by atoms with Gasteiger partial charge in [0.05, 0.1) is 0 Å². The number of carboxylic acid groups (broad SMARTS) is 1. The molecule has 1 unspecified atom stereocenters. The van der Waals surface area contributed by atoms with Crippen LogP contribution in [0.25, 0.3) is 0 Å². The summed E-state index contributed by atoms with van der Waals surface area (Å²) in [7, 11) is 4.12. The maximum atomic E-state index is 11.2. The maximum Gasteiger partial charge on any atom is 0.320 e. The van der Waals surface area contributed by atoms with Crippen LogP contribution in [0.5, 0.6) is 0 Å². The number of hydrogen-bond acceptors (Lipinski definition) is 4. The normalized spacial score (nSPS) is 13.2. The molecule has 0 rings (SSSR count). The molecule has 0 aliphatic heterocycles. The van der Waals surface area contributed by atoms with Crippen molar-refractivity contribution in [1.82, 2.24) is 15.1 Å². The van der Waals surface area contributed by atoms with Gasteiger partial charge in [0.1, 0.15) is 6.04 Å². The molecular formula is C14H31N3O2. The first-order chi connectivity index (χ1) is 9.01. The second-order valence-electron chi connectivity index (χ2n) is 5.28. The Hall–Kier alpha value is -0.650. The highest BCUT2D eigenvalue weighted by molar-refractivity contribution is 5.73. The molecule has 0 aromatic heterocycles. The highest BCUT2D eigenvalue weighted by Crippen LogP contribution is 2.00. The highest BCUT2D eigenvalue weighted by Gasteiger charge is 2.17. The second-order valence-corrected chi connectivity index (χ2v) is 5.28. The lowest BCUT2D eigenvalue weighted by Crippen LogP contribution is -2.41. The summed E-state index contributed by atoms with van der Waals surface area (Å²) >= 11 is 0. The Morgan fingerprint density at radius 1 is 1.11 bits per heavy atom. The number of aliphatic carboxylic acids is 1. The second kappa shape index (κ2) is 11.2. The lowest BCUT2D eigenvalue weighted by atomic mass is 10.2. The molecular weight excluding hydrogens is 242 g/mol. The van der Waals surface area contributed by atoms with Crippen LogP contribution in [0.15, 0.2) is 0 Å². The van der Waals surface area contributed by atoms with E-state index in [-0.39, 0.29) is 0 Å². The molecule has 0 aromatic carbocycles. The monoisotopic (exact) mass is 273 g/mol. The average Bonchev–Trinajstić information content (AvgIpc) is 2.35. The zero-order valence-electron chi connectivity index (χ0n) is 13.0. The fourth-order valence-electron chi connectivity index (χ4n) is 1.94. The van der Waals surface area contributed by atoms with Crippen LogP contribution in [0, 0.1) is 0 Å². The van der Waals surface area contributed by atoms with E-state index in [4.69, 9.17) is 0 Å². The summed E-state index contributed by atoms with van der Waals surface area (Å²) < 4.78 is 0. The number of nitrogens with zero attached hydrogens (tertiary/aromatic N) is 2. The first-order valence-corrected chi connectivity index (χ1v) is 7.34. The van der Waals surface area contributed by atoms with Crippen molar-refractivity contribution in [2.24, 2.45) is 0 Å². The quantitative estimate of drug-likeness (QED) is 0.558. The number of carboxylic acids is 1. The van der Waals surface area contributed by atoms with Crippen molar-refractivity contribution < 1.29 is 9.90 Å². The van der Waals surface area contributed by atoms with Crippen molar-refractivity contribution in [1.29, 1.82) is 0 Å². The smallest absolute Gasteiger partial charge is 0.320 e. The van der Waals surface area contributed by atoms with Gasteiger partial charge in [0.2, 0.25) is 0 Å². The molecule has 0 aliphatic carbocycles. The molecule has 0 radical (unpaired) electrons. The molecule has 2 N–H and O–H groups in total. The fourth-order valence-corrected chi connectivity index (χ4v) is 1.94. The van der Waals surface area contributed by atoms with Crippen LogP contribution < -0.4 is 5.32 Å². The minimum Gasteiger partial charge on any atom is -0.480 e. The van der Waals surface area contributed by atoms with Crippen molar-refractivity contribution in [3.05, 3.63) is 0 Å². The largest absolute Gasteiger partial charge is 0.480 e. The first-order valence-electron chi connectivity index (χ1n) is 7.34. The molecule has 0 amide bonds. The van der Waals surface area contributed by atoms with Crippen LogP contribution in [0.2, 0.25) is 0 Å². The minimum absolute atomic E-state index is 0.418. The third-order valence-electron chi connectivity index (χ3n) is 3.08. The highest BCUT2D eigenvalue weighted by atomic mass is 16.4. The summed E-state index contributed by atoms with van der Waals surface area (Å²) in [6.07, 6.45) is 2.74. The molecule has 0 saturated carbocycles. The zero-order chi connectivity index (χ0) is 14.7. The molecule has 114 valence electrons. The maximum absolute atomic E-state index is 11.2. The van der Waals surface area contributed by atoms with E-state index in [0.717, 1.165) is 45.6 Å². The number of hydrogen-bond donors (Lipinski definition) is 2. The summed E-state index contributed by atoms with van der Waals surface area (Å²) in [6.45, 7) is 8.87. The molecule has 19 heavy (non-hydrogen) atoms. The van der Waals surface area contributed by atoms with Crippen molar-refractivity contribution >= 4 is 5.97 Å². The van der Waals surface area contributed by atoms with Crippen LogP contribution >= 0.6 is 0 Å². The first kappa shape index (κ1) is 18.4. The number of rotatable bonds is 12. The van der Waals surface area contributed by atoms with Gasteiger partial charge in [-0.25, -0.2) is 0 Å². The van der Waals surface area contributed by atoms with Gasteiger partial charge in [0, 0.05) is 19.6 Å². The molecule has 0 heterocycles. The molecule has 0 saturated heterocycles. The summed E-state index contributed by atoms with van der Waals surface area (Å²) in [5.74, 6) is -0.738. The summed E-state index contributed by atoms with van der Waals surface area (Å²) in [5, 5.41) is 12.3. The molecule has 0 aromatic rings. The van der Waals surface area contributed by atoms with Gasteiger partial charge in [-0.2, -0.15) is 0 Å². The van der Waals surface area contributed by atoms with Crippen molar-refractivity contribution in [3.63, 3.8) is 0 Å².